The third kappa shape index (κ3) is 2.95. The number of carboxylic acids is 1. The molecule has 6 nitrogen and oxygen atoms in total. The number of amides is 1. The first-order valence-electron chi connectivity index (χ1n) is 10.3. The summed E-state index contributed by atoms with van der Waals surface area (Å²) in [6.45, 7) is -0.376. The highest BCUT2D eigenvalue weighted by Crippen LogP contribution is 2.46. The van der Waals surface area contributed by atoms with Gasteiger partial charge in [-0.05, 0) is 29.8 Å². The van der Waals surface area contributed by atoms with Crippen LogP contribution in [0.25, 0.3) is 22.2 Å². The van der Waals surface area contributed by atoms with Crippen LogP contribution in [0.15, 0.2) is 72.8 Å². The summed E-state index contributed by atoms with van der Waals surface area (Å²) in [5.74, 6) is -0.583. The SMILES string of the molecule is COc1cccc(-c2c([C@@H]3c4ccccc4C(=O)N3CC(=O)O)c3ccccc3n2C)c1. The predicted molar refractivity (Wildman–Crippen MR) is 122 cm³/mol. The monoisotopic (exact) mass is 426 g/mol. The number of methoxy groups -OCH3 is 1. The Bertz CT molecular complexity index is 1370. The predicted octanol–water partition coefficient (Wildman–Crippen LogP) is 4.48. The Morgan fingerprint density at radius 1 is 1.03 bits per heavy atom. The highest BCUT2D eigenvalue weighted by atomic mass is 16.5. The summed E-state index contributed by atoms with van der Waals surface area (Å²) in [4.78, 5) is 26.4. The van der Waals surface area contributed by atoms with Crippen molar-refractivity contribution in [3.05, 3.63) is 89.5 Å². The summed E-state index contributed by atoms with van der Waals surface area (Å²) in [6, 6.07) is 22.6. The van der Waals surface area contributed by atoms with E-state index >= 15 is 0 Å². The maximum Gasteiger partial charge on any atom is 0.323 e. The van der Waals surface area contributed by atoms with E-state index < -0.39 is 12.0 Å². The van der Waals surface area contributed by atoms with Gasteiger partial charge in [0.1, 0.15) is 12.3 Å². The Labute approximate surface area is 185 Å². The van der Waals surface area contributed by atoms with Crippen molar-refractivity contribution in [1.82, 2.24) is 9.47 Å². The molecule has 4 aromatic rings. The lowest BCUT2D eigenvalue weighted by molar-refractivity contribution is -0.138. The largest absolute Gasteiger partial charge is 0.497 e. The zero-order valence-corrected chi connectivity index (χ0v) is 17.8. The Hall–Kier alpha value is -4.06. The maximum absolute atomic E-state index is 13.2. The third-order valence-corrected chi connectivity index (χ3v) is 6.13. The van der Waals surface area contributed by atoms with Gasteiger partial charge < -0.3 is 19.3 Å². The number of carboxylic acid groups (broad SMARTS) is 1. The number of hydrogen-bond donors (Lipinski definition) is 1. The number of hydrogen-bond acceptors (Lipinski definition) is 3. The van der Waals surface area contributed by atoms with E-state index in [0.29, 0.717) is 5.56 Å². The van der Waals surface area contributed by atoms with Crippen LogP contribution in [-0.4, -0.2) is 40.1 Å². The number of carbonyl (C=O) groups is 2. The van der Waals surface area contributed by atoms with Gasteiger partial charge in [-0.15, -0.1) is 0 Å². The molecule has 1 N–H and O–H groups in total. The lowest BCUT2D eigenvalue weighted by atomic mass is 9.93. The topological polar surface area (TPSA) is 71.8 Å². The van der Waals surface area contributed by atoms with Gasteiger partial charge in [-0.1, -0.05) is 48.5 Å². The molecule has 0 saturated heterocycles. The number of nitrogens with zero attached hydrogens (tertiary/aromatic N) is 2. The van der Waals surface area contributed by atoms with Crippen molar-refractivity contribution in [2.45, 2.75) is 6.04 Å². The molecule has 0 unspecified atom stereocenters. The van der Waals surface area contributed by atoms with E-state index in [1.165, 1.54) is 4.90 Å². The van der Waals surface area contributed by atoms with Crippen molar-refractivity contribution >= 4 is 22.8 Å². The molecule has 0 spiro atoms. The van der Waals surface area contributed by atoms with Crippen LogP contribution < -0.4 is 4.74 Å². The fraction of sp³-hybridized carbons (Fsp3) is 0.154. The average molecular weight is 426 g/mol. The number of para-hydroxylation sites is 1. The average Bonchev–Trinajstić information content (AvgIpc) is 3.25. The quantitative estimate of drug-likeness (QED) is 0.511. The van der Waals surface area contributed by atoms with Crippen molar-refractivity contribution in [1.29, 1.82) is 0 Å². The Morgan fingerprint density at radius 3 is 2.56 bits per heavy atom. The molecule has 1 amide bonds. The first-order chi connectivity index (χ1) is 15.5. The lowest BCUT2D eigenvalue weighted by Crippen LogP contribution is -2.34. The van der Waals surface area contributed by atoms with Gasteiger partial charge in [-0.2, -0.15) is 0 Å². The van der Waals surface area contributed by atoms with Gasteiger partial charge in [-0.25, -0.2) is 0 Å². The van der Waals surface area contributed by atoms with Crippen molar-refractivity contribution < 1.29 is 19.4 Å². The summed E-state index contributed by atoms with van der Waals surface area (Å²) in [5.41, 5.74) is 5.14. The van der Waals surface area contributed by atoms with Crippen molar-refractivity contribution in [2.75, 3.05) is 13.7 Å². The molecule has 0 saturated carbocycles. The van der Waals surface area contributed by atoms with Crippen LogP contribution >= 0.6 is 0 Å². The number of fused-ring (bicyclic) bond motifs is 2. The minimum atomic E-state index is -1.04. The molecular formula is C26H22N2O4. The van der Waals surface area contributed by atoms with Gasteiger partial charge >= 0.3 is 5.97 Å². The lowest BCUT2D eigenvalue weighted by Gasteiger charge is -2.25. The molecule has 0 bridgehead atoms. The molecule has 0 fully saturated rings. The fourth-order valence-electron chi connectivity index (χ4n) is 4.81. The molecule has 5 rings (SSSR count). The second-order valence-electron chi connectivity index (χ2n) is 7.89. The normalized spacial score (nSPS) is 15.2. The Balaban J connectivity index is 1.85. The summed E-state index contributed by atoms with van der Waals surface area (Å²) in [6.07, 6.45) is 0. The fourth-order valence-corrected chi connectivity index (χ4v) is 4.81. The number of benzene rings is 3. The highest BCUT2D eigenvalue weighted by Gasteiger charge is 2.41. The smallest absolute Gasteiger partial charge is 0.323 e. The third-order valence-electron chi connectivity index (χ3n) is 6.13. The van der Waals surface area contributed by atoms with E-state index in [9.17, 15) is 14.7 Å². The van der Waals surface area contributed by atoms with Gasteiger partial charge in [0.05, 0.1) is 18.8 Å². The second-order valence-corrected chi connectivity index (χ2v) is 7.89. The molecule has 32 heavy (non-hydrogen) atoms. The number of rotatable bonds is 5. The molecule has 6 heteroatoms. The molecule has 0 aliphatic carbocycles. The standard InChI is InChI=1S/C26H22N2O4/c1-27-21-13-6-5-12-20(21)23(24(27)16-8-7-9-17(14-16)32-2)25-18-10-3-4-11-19(18)26(31)28(25)15-22(29)30/h3-14,25H,15H2,1-2H3,(H,29,30)/t25-/m0/s1. The van der Waals surface area contributed by atoms with E-state index in [4.69, 9.17) is 4.74 Å². The van der Waals surface area contributed by atoms with E-state index in [1.54, 1.807) is 13.2 Å². The van der Waals surface area contributed by atoms with Crippen LogP contribution in [0.5, 0.6) is 5.75 Å². The first-order valence-corrected chi connectivity index (χ1v) is 10.3. The molecular weight excluding hydrogens is 404 g/mol. The van der Waals surface area contributed by atoms with Gasteiger partial charge in [-0.3, -0.25) is 9.59 Å². The van der Waals surface area contributed by atoms with E-state index in [1.807, 2.05) is 73.8 Å². The summed E-state index contributed by atoms with van der Waals surface area (Å²) in [5, 5.41) is 10.6. The number of carbonyl (C=O) groups excluding carboxylic acids is 1. The van der Waals surface area contributed by atoms with Crippen molar-refractivity contribution in [3.8, 4) is 17.0 Å². The number of ether oxygens (including phenoxy) is 1. The van der Waals surface area contributed by atoms with Crippen LogP contribution in [-0.2, 0) is 11.8 Å². The molecule has 1 atom stereocenters. The van der Waals surface area contributed by atoms with E-state index in [2.05, 4.69) is 4.57 Å². The zero-order chi connectivity index (χ0) is 22.4. The van der Waals surface area contributed by atoms with E-state index in [0.717, 1.165) is 39.0 Å². The maximum atomic E-state index is 13.2. The van der Waals surface area contributed by atoms with Crippen LogP contribution in [0.1, 0.15) is 27.5 Å². The Morgan fingerprint density at radius 2 is 1.78 bits per heavy atom. The van der Waals surface area contributed by atoms with Crippen LogP contribution in [0.4, 0.5) is 0 Å². The van der Waals surface area contributed by atoms with Gasteiger partial charge in [0.2, 0.25) is 0 Å². The minimum Gasteiger partial charge on any atom is -0.497 e. The highest BCUT2D eigenvalue weighted by molar-refractivity contribution is 6.03. The van der Waals surface area contributed by atoms with E-state index in [-0.39, 0.29) is 12.5 Å². The van der Waals surface area contributed by atoms with Crippen LogP contribution in [0.2, 0.25) is 0 Å². The van der Waals surface area contributed by atoms with Crippen LogP contribution in [0.3, 0.4) is 0 Å². The van der Waals surface area contributed by atoms with Gasteiger partial charge in [0, 0.05) is 34.6 Å². The summed E-state index contributed by atoms with van der Waals surface area (Å²) < 4.78 is 7.55. The van der Waals surface area contributed by atoms with Crippen molar-refractivity contribution in [2.24, 2.45) is 7.05 Å². The molecule has 3 aromatic carbocycles. The van der Waals surface area contributed by atoms with Gasteiger partial charge in [0.15, 0.2) is 0 Å². The molecule has 2 heterocycles. The summed E-state index contributed by atoms with van der Waals surface area (Å²) >= 11 is 0. The van der Waals surface area contributed by atoms with Gasteiger partial charge in [0.25, 0.3) is 5.91 Å². The Kier molecular flexibility index (Phi) is 4.70. The molecule has 1 aliphatic heterocycles. The minimum absolute atomic E-state index is 0.266. The first kappa shape index (κ1) is 19.9. The zero-order valence-electron chi connectivity index (χ0n) is 17.8. The second kappa shape index (κ2) is 7.57. The molecule has 0 radical (unpaired) electrons. The number of aliphatic carboxylic acids is 1. The van der Waals surface area contributed by atoms with Crippen molar-refractivity contribution in [3.63, 3.8) is 0 Å². The van der Waals surface area contributed by atoms with Crippen LogP contribution in [0, 0.1) is 0 Å². The number of aromatic nitrogens is 1. The molecule has 1 aliphatic rings. The number of aryl methyl sites for hydroxylation is 1. The summed E-state index contributed by atoms with van der Waals surface area (Å²) in [7, 11) is 3.62. The molecule has 1 aromatic heterocycles. The molecule has 160 valence electrons.